The minimum Gasteiger partial charge on any atom is -0.475 e. The van der Waals surface area contributed by atoms with E-state index in [4.69, 9.17) is 19.3 Å². The van der Waals surface area contributed by atoms with Crippen LogP contribution in [-0.4, -0.2) is 23.7 Å². The Kier molecular flexibility index (Phi) is 3.06. The maximum atomic E-state index is 11.9. The number of carboxylic acid groups (broad SMARTS) is 1. The summed E-state index contributed by atoms with van der Waals surface area (Å²) in [4.78, 5) is 23.1. The highest BCUT2D eigenvalue weighted by Gasteiger charge is 2.26. The Bertz CT molecular complexity index is 967. The van der Waals surface area contributed by atoms with E-state index < -0.39 is 11.9 Å². The van der Waals surface area contributed by atoms with Crippen LogP contribution in [0.4, 0.5) is 0 Å². The van der Waals surface area contributed by atoms with Crippen molar-refractivity contribution < 1.29 is 28.9 Å². The zero-order valence-electron chi connectivity index (χ0n) is 12.7. The van der Waals surface area contributed by atoms with Crippen LogP contribution in [0.1, 0.15) is 18.1 Å². The molecule has 120 valence electrons. The van der Waals surface area contributed by atoms with Crippen LogP contribution in [0.3, 0.4) is 0 Å². The van der Waals surface area contributed by atoms with E-state index in [0.717, 1.165) is 21.9 Å². The summed E-state index contributed by atoms with van der Waals surface area (Å²) in [6.45, 7) is 1.99. The first-order chi connectivity index (χ1) is 11.6. The van der Waals surface area contributed by atoms with Gasteiger partial charge in [0.2, 0.25) is 11.5 Å². The number of carbonyl (C=O) groups excluding carboxylic acids is 1. The van der Waals surface area contributed by atoms with Gasteiger partial charge in [-0.1, -0.05) is 12.1 Å². The Hall–Kier alpha value is -3.28. The van der Waals surface area contributed by atoms with E-state index >= 15 is 0 Å². The van der Waals surface area contributed by atoms with Gasteiger partial charge in [0.1, 0.15) is 11.5 Å². The lowest BCUT2D eigenvalue weighted by Crippen LogP contribution is -2.16. The molecule has 2 aromatic carbocycles. The number of hydrogen-bond acceptors (Lipinski definition) is 5. The van der Waals surface area contributed by atoms with E-state index in [-0.39, 0.29) is 18.1 Å². The second-order valence-electron chi connectivity index (χ2n) is 5.30. The summed E-state index contributed by atoms with van der Waals surface area (Å²) in [5.41, 5.74) is 1.52. The number of benzene rings is 2. The van der Waals surface area contributed by atoms with E-state index in [9.17, 15) is 9.59 Å². The van der Waals surface area contributed by atoms with Crippen LogP contribution in [0, 0.1) is 0 Å². The van der Waals surface area contributed by atoms with Crippen molar-refractivity contribution in [3.05, 3.63) is 46.9 Å². The fourth-order valence-electron chi connectivity index (χ4n) is 2.88. The summed E-state index contributed by atoms with van der Waals surface area (Å²) < 4.78 is 16.1. The Morgan fingerprint density at radius 3 is 2.04 bits per heavy atom. The molecule has 2 heterocycles. The monoisotopic (exact) mass is 324 g/mol. The largest absolute Gasteiger partial charge is 0.475 e. The molecule has 1 N–H and O–H groups in total. The Balaban J connectivity index is 1.92. The minimum absolute atomic E-state index is 0.117. The summed E-state index contributed by atoms with van der Waals surface area (Å²) in [6.07, 6.45) is 3.09. The third-order valence-corrected chi connectivity index (χ3v) is 3.85. The highest BCUT2D eigenvalue weighted by Crippen LogP contribution is 2.44. The van der Waals surface area contributed by atoms with Crippen molar-refractivity contribution in [3.63, 3.8) is 0 Å². The van der Waals surface area contributed by atoms with Gasteiger partial charge in [-0.05, 0) is 42.3 Å². The summed E-state index contributed by atoms with van der Waals surface area (Å²) in [7, 11) is 0. The topological polar surface area (TPSA) is 82.1 Å². The standard InChI is InChI=1S/C18H12O6/c1-2-22-18(21)14-8-10-4-5-11-15-9(7-13(23-11)17(19)20)3-6-12(24-14)16(10)15/h3-8H,2H2,1H3,(H,19,20). The van der Waals surface area contributed by atoms with Crippen LogP contribution in [0.5, 0.6) is 11.5 Å². The van der Waals surface area contributed by atoms with E-state index in [2.05, 4.69) is 0 Å². The van der Waals surface area contributed by atoms with Crippen LogP contribution in [0.15, 0.2) is 35.8 Å². The quantitative estimate of drug-likeness (QED) is 0.874. The molecule has 0 aromatic heterocycles. The first-order valence-electron chi connectivity index (χ1n) is 7.37. The van der Waals surface area contributed by atoms with Gasteiger partial charge in [0.25, 0.3) is 0 Å². The number of rotatable bonds is 3. The van der Waals surface area contributed by atoms with Gasteiger partial charge >= 0.3 is 11.9 Å². The number of carboxylic acids is 1. The van der Waals surface area contributed by atoms with Gasteiger partial charge in [-0.2, -0.15) is 0 Å². The van der Waals surface area contributed by atoms with Crippen molar-refractivity contribution in [1.29, 1.82) is 0 Å². The molecule has 6 nitrogen and oxygen atoms in total. The molecule has 4 rings (SSSR count). The van der Waals surface area contributed by atoms with E-state index in [1.54, 1.807) is 37.3 Å². The van der Waals surface area contributed by atoms with E-state index in [1.807, 2.05) is 0 Å². The molecule has 6 heteroatoms. The predicted octanol–water partition coefficient (Wildman–Crippen LogP) is 2.95. The molecular weight excluding hydrogens is 312 g/mol. The van der Waals surface area contributed by atoms with Crippen LogP contribution in [0.2, 0.25) is 0 Å². The summed E-state index contributed by atoms with van der Waals surface area (Å²) >= 11 is 0. The average molecular weight is 324 g/mol. The smallest absolute Gasteiger partial charge is 0.374 e. The van der Waals surface area contributed by atoms with Gasteiger partial charge in [0, 0.05) is 10.8 Å². The zero-order valence-corrected chi connectivity index (χ0v) is 12.7. The zero-order chi connectivity index (χ0) is 16.8. The fraction of sp³-hybridized carbons (Fsp3) is 0.111. The van der Waals surface area contributed by atoms with E-state index in [1.165, 1.54) is 6.08 Å². The SMILES string of the molecule is CCOC(=O)C1=Cc2ccc3c4c(ccc(c24)O1)C=C(C(=O)O)O3. The van der Waals surface area contributed by atoms with Crippen LogP contribution >= 0.6 is 0 Å². The van der Waals surface area contributed by atoms with Gasteiger partial charge < -0.3 is 19.3 Å². The Labute approximate surface area is 136 Å². The first-order valence-corrected chi connectivity index (χ1v) is 7.37. The number of aliphatic carboxylic acids is 1. The molecule has 0 spiro atoms. The molecule has 0 fully saturated rings. The van der Waals surface area contributed by atoms with Gasteiger partial charge in [-0.3, -0.25) is 0 Å². The number of ether oxygens (including phenoxy) is 3. The number of carbonyl (C=O) groups is 2. The van der Waals surface area contributed by atoms with Crippen molar-refractivity contribution in [3.8, 4) is 11.5 Å². The molecule has 0 amide bonds. The Morgan fingerprint density at radius 1 is 0.958 bits per heavy atom. The summed E-state index contributed by atoms with van der Waals surface area (Å²) in [5, 5.41) is 10.7. The van der Waals surface area contributed by atoms with Gasteiger partial charge in [-0.25, -0.2) is 9.59 Å². The highest BCUT2D eigenvalue weighted by atomic mass is 16.6. The molecule has 2 aliphatic rings. The van der Waals surface area contributed by atoms with Crippen molar-refractivity contribution in [1.82, 2.24) is 0 Å². The van der Waals surface area contributed by atoms with Crippen molar-refractivity contribution in [2.45, 2.75) is 6.92 Å². The second-order valence-corrected chi connectivity index (χ2v) is 5.30. The number of esters is 1. The molecule has 0 saturated carbocycles. The van der Waals surface area contributed by atoms with Crippen molar-refractivity contribution in [2.75, 3.05) is 6.61 Å². The molecule has 0 bridgehead atoms. The molecule has 2 aromatic rings. The normalized spacial score (nSPS) is 14.2. The molecule has 0 radical (unpaired) electrons. The minimum atomic E-state index is -1.13. The second kappa shape index (κ2) is 5.13. The third kappa shape index (κ3) is 2.04. The van der Waals surface area contributed by atoms with Gasteiger partial charge in [0.15, 0.2) is 0 Å². The van der Waals surface area contributed by atoms with Crippen LogP contribution in [0.25, 0.3) is 22.9 Å². The Morgan fingerprint density at radius 2 is 1.50 bits per heavy atom. The van der Waals surface area contributed by atoms with Crippen LogP contribution in [-0.2, 0) is 14.3 Å². The lowest BCUT2D eigenvalue weighted by molar-refractivity contribution is -0.141. The summed E-state index contributed by atoms with van der Waals surface area (Å²) in [5.74, 6) is -0.722. The highest BCUT2D eigenvalue weighted by molar-refractivity contribution is 6.10. The van der Waals surface area contributed by atoms with Crippen molar-refractivity contribution >= 4 is 34.9 Å². The molecule has 0 saturated heterocycles. The molecular formula is C18H12O6. The lowest BCUT2D eigenvalue weighted by atomic mass is 9.95. The maximum Gasteiger partial charge on any atom is 0.374 e. The van der Waals surface area contributed by atoms with E-state index in [0.29, 0.717) is 11.5 Å². The summed E-state index contributed by atoms with van der Waals surface area (Å²) in [6, 6.07) is 6.89. The van der Waals surface area contributed by atoms with Gasteiger partial charge in [0.05, 0.1) is 6.61 Å². The lowest BCUT2D eigenvalue weighted by Gasteiger charge is -2.23. The van der Waals surface area contributed by atoms with Gasteiger partial charge in [-0.15, -0.1) is 0 Å². The van der Waals surface area contributed by atoms with Crippen LogP contribution < -0.4 is 9.47 Å². The molecule has 0 unspecified atom stereocenters. The molecule has 0 atom stereocenters. The predicted molar refractivity (Wildman–Crippen MR) is 85.4 cm³/mol. The molecule has 2 aliphatic heterocycles. The molecule has 0 aliphatic carbocycles. The fourth-order valence-corrected chi connectivity index (χ4v) is 2.88. The average Bonchev–Trinajstić information content (AvgIpc) is 2.59. The molecule has 24 heavy (non-hydrogen) atoms. The third-order valence-electron chi connectivity index (χ3n) is 3.85. The maximum absolute atomic E-state index is 11.9. The number of hydrogen-bond donors (Lipinski definition) is 1. The first kappa shape index (κ1) is 14.3. The van der Waals surface area contributed by atoms with Crippen molar-refractivity contribution in [2.24, 2.45) is 0 Å².